The lowest BCUT2D eigenvalue weighted by molar-refractivity contribution is 0.257. The first-order chi connectivity index (χ1) is 14.8. The predicted octanol–water partition coefficient (Wildman–Crippen LogP) is 3.49. The molecule has 1 aromatic heterocycles. The zero-order valence-corrected chi connectivity index (χ0v) is 17.7. The van der Waals surface area contributed by atoms with Gasteiger partial charge in [-0.3, -0.25) is 0 Å². The van der Waals surface area contributed by atoms with E-state index in [9.17, 15) is 5.26 Å². The Hall–Kier alpha value is -2.30. The first-order valence-electron chi connectivity index (χ1n) is 11.5. The van der Waals surface area contributed by atoms with E-state index in [-0.39, 0.29) is 6.04 Å². The van der Waals surface area contributed by atoms with Crippen LogP contribution in [-0.2, 0) is 0 Å². The summed E-state index contributed by atoms with van der Waals surface area (Å²) in [5.74, 6) is 2.16. The van der Waals surface area contributed by atoms with Crippen molar-refractivity contribution in [1.29, 1.82) is 5.26 Å². The molecule has 0 aliphatic heterocycles. The lowest BCUT2D eigenvalue weighted by atomic mass is 9.81. The van der Waals surface area contributed by atoms with Gasteiger partial charge in [0.25, 0.3) is 0 Å². The predicted molar refractivity (Wildman–Crippen MR) is 115 cm³/mol. The fourth-order valence-corrected chi connectivity index (χ4v) is 5.17. The van der Waals surface area contributed by atoms with Gasteiger partial charge < -0.3 is 11.1 Å². The summed E-state index contributed by atoms with van der Waals surface area (Å²) < 4.78 is 2.05. The summed E-state index contributed by atoms with van der Waals surface area (Å²) in [5, 5.41) is 25.9. The molecule has 7 heteroatoms. The molecule has 0 radical (unpaired) electrons. The summed E-state index contributed by atoms with van der Waals surface area (Å²) in [4.78, 5) is 0. The molecule has 2 aliphatic rings. The second kappa shape index (κ2) is 10.1. The number of tetrazole rings is 1. The van der Waals surface area contributed by atoms with Crippen molar-refractivity contribution in [2.75, 3.05) is 13.1 Å². The van der Waals surface area contributed by atoms with E-state index in [1.54, 1.807) is 0 Å². The number of rotatable bonds is 7. The summed E-state index contributed by atoms with van der Waals surface area (Å²) in [6.45, 7) is 1.72. The lowest BCUT2D eigenvalue weighted by Gasteiger charge is -2.30. The van der Waals surface area contributed by atoms with Crippen LogP contribution in [0, 0.1) is 23.2 Å². The van der Waals surface area contributed by atoms with Crippen LogP contribution >= 0.6 is 0 Å². The largest absolute Gasteiger partial charge is 0.330 e. The molecule has 2 fully saturated rings. The molecule has 2 aliphatic carbocycles. The molecule has 0 spiro atoms. The van der Waals surface area contributed by atoms with E-state index in [2.05, 4.69) is 31.6 Å². The van der Waals surface area contributed by atoms with E-state index in [4.69, 9.17) is 5.73 Å². The summed E-state index contributed by atoms with van der Waals surface area (Å²) >= 11 is 0. The van der Waals surface area contributed by atoms with Gasteiger partial charge >= 0.3 is 0 Å². The summed E-state index contributed by atoms with van der Waals surface area (Å²) in [6, 6.07) is 10.3. The van der Waals surface area contributed by atoms with Crippen LogP contribution in [0.2, 0.25) is 0 Å². The Labute approximate surface area is 179 Å². The van der Waals surface area contributed by atoms with Crippen LogP contribution in [0.1, 0.15) is 86.8 Å². The molecule has 3 unspecified atom stereocenters. The first kappa shape index (κ1) is 21.0. The van der Waals surface area contributed by atoms with Gasteiger partial charge in [-0.05, 0) is 85.2 Å². The smallest absolute Gasteiger partial charge is 0.173 e. The van der Waals surface area contributed by atoms with Gasteiger partial charge in [-0.1, -0.05) is 37.8 Å². The molecule has 0 saturated heterocycles. The normalized spacial score (nSPS) is 23.7. The van der Waals surface area contributed by atoms with Gasteiger partial charge in [0.15, 0.2) is 5.82 Å². The van der Waals surface area contributed by atoms with E-state index >= 15 is 0 Å². The van der Waals surface area contributed by atoms with Crippen LogP contribution in [0.5, 0.6) is 0 Å². The van der Waals surface area contributed by atoms with Crippen molar-refractivity contribution in [2.45, 2.75) is 69.9 Å². The number of aromatic nitrogens is 4. The SMILES string of the molecule is N#Cc1ccc(C(NCC2CCCC(CN)C2)c2nnnn2C2CCCCC2)cc1. The maximum Gasteiger partial charge on any atom is 0.173 e. The van der Waals surface area contributed by atoms with Crippen molar-refractivity contribution in [3.63, 3.8) is 0 Å². The molecule has 4 rings (SSSR count). The van der Waals surface area contributed by atoms with Crippen molar-refractivity contribution in [1.82, 2.24) is 25.5 Å². The van der Waals surface area contributed by atoms with Crippen molar-refractivity contribution < 1.29 is 0 Å². The molecule has 1 aromatic carbocycles. The number of nitrogens with zero attached hydrogens (tertiary/aromatic N) is 5. The number of nitrogens with one attached hydrogen (secondary N) is 1. The molecule has 30 heavy (non-hydrogen) atoms. The Kier molecular flexibility index (Phi) is 7.08. The van der Waals surface area contributed by atoms with E-state index in [1.807, 2.05) is 24.3 Å². The van der Waals surface area contributed by atoms with E-state index in [1.165, 1.54) is 44.9 Å². The summed E-state index contributed by atoms with van der Waals surface area (Å²) in [7, 11) is 0. The Morgan fingerprint density at radius 2 is 1.83 bits per heavy atom. The zero-order chi connectivity index (χ0) is 20.8. The molecule has 3 N–H and O–H groups in total. The number of benzene rings is 1. The zero-order valence-electron chi connectivity index (χ0n) is 17.7. The highest BCUT2D eigenvalue weighted by molar-refractivity contribution is 5.34. The minimum Gasteiger partial charge on any atom is -0.330 e. The van der Waals surface area contributed by atoms with Gasteiger partial charge in [-0.25, -0.2) is 4.68 Å². The van der Waals surface area contributed by atoms with Gasteiger partial charge in [0, 0.05) is 0 Å². The molecule has 2 aromatic rings. The standard InChI is InChI=1S/C23H33N7/c24-14-17-9-11-20(12-10-17)22(26-16-19-6-4-5-18(13-19)15-25)23-27-28-29-30(23)21-7-2-1-3-8-21/h9-12,18-19,21-22,26H,1-8,13,15-16,25H2. The fourth-order valence-electron chi connectivity index (χ4n) is 5.17. The van der Waals surface area contributed by atoms with E-state index in [0.717, 1.165) is 37.3 Å². The van der Waals surface area contributed by atoms with Crippen LogP contribution in [0.4, 0.5) is 0 Å². The van der Waals surface area contributed by atoms with Gasteiger partial charge in [-0.2, -0.15) is 5.26 Å². The molecule has 160 valence electrons. The quantitative estimate of drug-likeness (QED) is 0.728. The molecule has 0 amide bonds. The second-order valence-electron chi connectivity index (χ2n) is 8.98. The third-order valence-corrected chi connectivity index (χ3v) is 6.91. The van der Waals surface area contributed by atoms with Crippen molar-refractivity contribution in [2.24, 2.45) is 17.6 Å². The lowest BCUT2D eigenvalue weighted by Crippen LogP contribution is -2.34. The number of nitrogens with two attached hydrogens (primary N) is 1. The number of hydrogen-bond donors (Lipinski definition) is 2. The van der Waals surface area contributed by atoms with Crippen LogP contribution < -0.4 is 11.1 Å². The fraction of sp³-hybridized carbons (Fsp3) is 0.652. The molecular formula is C23H33N7. The Bertz CT molecular complexity index is 832. The Balaban J connectivity index is 1.56. The molecule has 1 heterocycles. The van der Waals surface area contributed by atoms with Gasteiger partial charge in [0.1, 0.15) is 0 Å². The first-order valence-corrected chi connectivity index (χ1v) is 11.5. The average Bonchev–Trinajstić information content (AvgIpc) is 3.30. The molecule has 0 bridgehead atoms. The molecule has 3 atom stereocenters. The van der Waals surface area contributed by atoms with Crippen molar-refractivity contribution in [3.8, 4) is 6.07 Å². The van der Waals surface area contributed by atoms with Crippen LogP contribution in [0.15, 0.2) is 24.3 Å². The number of nitriles is 1. The molecule has 2 saturated carbocycles. The topological polar surface area (TPSA) is 105 Å². The molecular weight excluding hydrogens is 374 g/mol. The van der Waals surface area contributed by atoms with Crippen LogP contribution in [0.25, 0.3) is 0 Å². The highest BCUT2D eigenvalue weighted by Crippen LogP contribution is 2.32. The van der Waals surface area contributed by atoms with Crippen molar-refractivity contribution >= 4 is 0 Å². The summed E-state index contributed by atoms with van der Waals surface area (Å²) in [5.41, 5.74) is 7.72. The number of hydrogen-bond acceptors (Lipinski definition) is 6. The van der Waals surface area contributed by atoms with Crippen LogP contribution in [0.3, 0.4) is 0 Å². The second-order valence-corrected chi connectivity index (χ2v) is 8.98. The highest BCUT2D eigenvalue weighted by atomic mass is 15.6. The minimum absolute atomic E-state index is 0.0760. The highest BCUT2D eigenvalue weighted by Gasteiger charge is 2.28. The maximum absolute atomic E-state index is 9.17. The monoisotopic (exact) mass is 407 g/mol. The van der Waals surface area contributed by atoms with E-state index in [0.29, 0.717) is 23.4 Å². The minimum atomic E-state index is -0.0760. The third-order valence-electron chi connectivity index (χ3n) is 6.91. The van der Waals surface area contributed by atoms with Crippen molar-refractivity contribution in [3.05, 3.63) is 41.2 Å². The average molecular weight is 408 g/mol. The maximum atomic E-state index is 9.17. The van der Waals surface area contributed by atoms with Gasteiger partial charge in [0.2, 0.25) is 0 Å². The van der Waals surface area contributed by atoms with Crippen LogP contribution in [-0.4, -0.2) is 33.3 Å². The van der Waals surface area contributed by atoms with Gasteiger partial charge in [-0.15, -0.1) is 5.10 Å². The summed E-state index contributed by atoms with van der Waals surface area (Å²) in [6.07, 6.45) is 11.0. The molecule has 7 nitrogen and oxygen atoms in total. The van der Waals surface area contributed by atoms with Gasteiger partial charge in [0.05, 0.1) is 23.7 Å². The Morgan fingerprint density at radius 1 is 1.07 bits per heavy atom. The van der Waals surface area contributed by atoms with E-state index < -0.39 is 0 Å². The third kappa shape index (κ3) is 4.88. The Morgan fingerprint density at radius 3 is 2.57 bits per heavy atom.